The molecule has 1 aliphatic heterocycles. The molecular weight excluding hydrogens is 304 g/mol. The highest BCUT2D eigenvalue weighted by atomic mass is 16.5. The topological polar surface area (TPSA) is 58.6 Å². The minimum absolute atomic E-state index is 0.00609. The molecule has 0 aromatic heterocycles. The van der Waals surface area contributed by atoms with Gasteiger partial charge >= 0.3 is 0 Å². The minimum atomic E-state index is -0.526. The van der Waals surface area contributed by atoms with Crippen LogP contribution < -0.4 is 10.1 Å². The molecular formula is C19H28N2O3. The molecule has 24 heavy (non-hydrogen) atoms. The molecule has 1 aliphatic rings. The van der Waals surface area contributed by atoms with Gasteiger partial charge in [-0.25, -0.2) is 0 Å². The second-order valence-electron chi connectivity index (χ2n) is 7.11. The lowest BCUT2D eigenvalue weighted by atomic mass is 9.80. The van der Waals surface area contributed by atoms with Gasteiger partial charge in [-0.05, 0) is 37.5 Å². The molecule has 1 N–H and O–H groups in total. The average molecular weight is 332 g/mol. The summed E-state index contributed by atoms with van der Waals surface area (Å²) >= 11 is 0. The van der Waals surface area contributed by atoms with Gasteiger partial charge in [0.15, 0.2) is 0 Å². The van der Waals surface area contributed by atoms with Crippen LogP contribution in [-0.4, -0.2) is 36.9 Å². The maximum Gasteiger partial charge on any atom is 0.227 e. The number of ether oxygens (including phenoxy) is 1. The molecule has 0 aliphatic carbocycles. The Labute approximate surface area is 144 Å². The highest BCUT2D eigenvalue weighted by Crippen LogP contribution is 2.30. The van der Waals surface area contributed by atoms with Gasteiger partial charge in [0.1, 0.15) is 5.75 Å². The van der Waals surface area contributed by atoms with Crippen LogP contribution in [0.2, 0.25) is 0 Å². The first-order chi connectivity index (χ1) is 11.4. The van der Waals surface area contributed by atoms with Crippen molar-refractivity contribution in [2.75, 3.05) is 20.2 Å². The molecule has 1 aromatic rings. The van der Waals surface area contributed by atoms with Crippen molar-refractivity contribution in [2.24, 2.45) is 11.3 Å². The highest BCUT2D eigenvalue weighted by Gasteiger charge is 2.39. The molecule has 0 radical (unpaired) electrons. The van der Waals surface area contributed by atoms with E-state index in [2.05, 4.69) is 5.32 Å². The monoisotopic (exact) mass is 332 g/mol. The molecule has 0 unspecified atom stereocenters. The van der Waals surface area contributed by atoms with Crippen LogP contribution in [-0.2, 0) is 16.1 Å². The van der Waals surface area contributed by atoms with Gasteiger partial charge < -0.3 is 15.0 Å². The summed E-state index contributed by atoms with van der Waals surface area (Å²) in [4.78, 5) is 26.8. The lowest BCUT2D eigenvalue weighted by Gasteiger charge is -2.40. The van der Waals surface area contributed by atoms with Crippen LogP contribution >= 0.6 is 0 Å². The van der Waals surface area contributed by atoms with Crippen LogP contribution in [0.25, 0.3) is 0 Å². The van der Waals surface area contributed by atoms with E-state index in [1.54, 1.807) is 7.11 Å². The van der Waals surface area contributed by atoms with Crippen molar-refractivity contribution >= 4 is 11.8 Å². The van der Waals surface area contributed by atoms with Gasteiger partial charge in [0.05, 0.1) is 12.5 Å². The van der Waals surface area contributed by atoms with Gasteiger partial charge in [0, 0.05) is 25.6 Å². The summed E-state index contributed by atoms with van der Waals surface area (Å²) in [6, 6.07) is 7.66. The average Bonchev–Trinajstić information content (AvgIpc) is 2.59. The fourth-order valence-corrected chi connectivity index (χ4v) is 3.16. The van der Waals surface area contributed by atoms with Crippen molar-refractivity contribution < 1.29 is 14.3 Å². The predicted molar refractivity (Wildman–Crippen MR) is 93.6 cm³/mol. The normalized spacial score (nSPS) is 20.8. The largest absolute Gasteiger partial charge is 0.497 e. The van der Waals surface area contributed by atoms with E-state index in [4.69, 9.17) is 4.74 Å². The summed E-state index contributed by atoms with van der Waals surface area (Å²) < 4.78 is 5.20. The van der Waals surface area contributed by atoms with Crippen molar-refractivity contribution in [3.8, 4) is 5.75 Å². The standard InChI is InChI=1S/C19H28N2O3/c1-14(2)17(22)21-10-6-9-19(3,13-21)18(23)20-12-15-7-5-8-16(11-15)24-4/h5,7-8,11,14H,6,9-10,12-13H2,1-4H3,(H,20,23)/t19-/m0/s1. The number of carbonyl (C=O) groups is 2. The molecule has 0 bridgehead atoms. The molecule has 1 atom stereocenters. The number of amides is 2. The molecule has 1 aromatic carbocycles. The van der Waals surface area contributed by atoms with E-state index in [9.17, 15) is 9.59 Å². The maximum atomic E-state index is 12.7. The van der Waals surface area contributed by atoms with E-state index >= 15 is 0 Å². The number of piperidine rings is 1. The molecule has 2 amide bonds. The quantitative estimate of drug-likeness (QED) is 0.902. The van der Waals surface area contributed by atoms with Gasteiger partial charge in [0.2, 0.25) is 11.8 Å². The number of hydrogen-bond donors (Lipinski definition) is 1. The third-order valence-electron chi connectivity index (χ3n) is 4.64. The Hall–Kier alpha value is -2.04. The molecule has 2 rings (SSSR count). The summed E-state index contributed by atoms with van der Waals surface area (Å²) in [5, 5.41) is 3.02. The number of likely N-dealkylation sites (tertiary alicyclic amines) is 1. The first-order valence-electron chi connectivity index (χ1n) is 8.56. The van der Waals surface area contributed by atoms with Crippen LogP contribution in [0, 0.1) is 11.3 Å². The summed E-state index contributed by atoms with van der Waals surface area (Å²) in [6.45, 7) is 7.45. The van der Waals surface area contributed by atoms with Gasteiger partial charge in [-0.15, -0.1) is 0 Å². The van der Waals surface area contributed by atoms with E-state index in [1.165, 1.54) is 0 Å². The first-order valence-corrected chi connectivity index (χ1v) is 8.56. The van der Waals surface area contributed by atoms with Gasteiger partial charge in [-0.2, -0.15) is 0 Å². The van der Waals surface area contributed by atoms with Crippen LogP contribution in [0.4, 0.5) is 0 Å². The van der Waals surface area contributed by atoms with Gasteiger partial charge in [0.25, 0.3) is 0 Å². The zero-order valence-electron chi connectivity index (χ0n) is 15.1. The summed E-state index contributed by atoms with van der Waals surface area (Å²) in [7, 11) is 1.63. The first kappa shape index (κ1) is 18.3. The Kier molecular flexibility index (Phi) is 5.86. The second-order valence-corrected chi connectivity index (χ2v) is 7.11. The molecule has 132 valence electrons. The third-order valence-corrected chi connectivity index (χ3v) is 4.64. The number of carbonyl (C=O) groups excluding carboxylic acids is 2. The second kappa shape index (κ2) is 7.69. The van der Waals surface area contributed by atoms with Crippen molar-refractivity contribution in [3.63, 3.8) is 0 Å². The highest BCUT2D eigenvalue weighted by molar-refractivity contribution is 5.84. The summed E-state index contributed by atoms with van der Waals surface area (Å²) in [6.07, 6.45) is 1.67. The Balaban J connectivity index is 1.98. The zero-order valence-corrected chi connectivity index (χ0v) is 15.1. The fraction of sp³-hybridized carbons (Fsp3) is 0.579. The number of hydrogen-bond acceptors (Lipinski definition) is 3. The van der Waals surface area contributed by atoms with Crippen molar-refractivity contribution in [1.82, 2.24) is 10.2 Å². The van der Waals surface area contributed by atoms with Gasteiger partial charge in [-0.1, -0.05) is 26.0 Å². The lowest BCUT2D eigenvalue weighted by molar-refractivity contribution is -0.142. The molecule has 0 saturated carbocycles. The number of benzene rings is 1. The minimum Gasteiger partial charge on any atom is -0.497 e. The Morgan fingerprint density at radius 1 is 1.38 bits per heavy atom. The van der Waals surface area contributed by atoms with Crippen molar-refractivity contribution in [1.29, 1.82) is 0 Å². The predicted octanol–water partition coefficient (Wildman–Crippen LogP) is 2.60. The van der Waals surface area contributed by atoms with Crippen LogP contribution in [0.15, 0.2) is 24.3 Å². The number of rotatable bonds is 5. The Morgan fingerprint density at radius 3 is 2.79 bits per heavy atom. The molecule has 1 fully saturated rings. The SMILES string of the molecule is COc1cccc(CNC(=O)[C@@]2(C)CCCN(C(=O)C(C)C)C2)c1. The number of nitrogens with zero attached hydrogens (tertiary/aromatic N) is 1. The van der Waals surface area contributed by atoms with Gasteiger partial charge in [-0.3, -0.25) is 9.59 Å². The molecule has 1 saturated heterocycles. The van der Waals surface area contributed by atoms with E-state index in [0.717, 1.165) is 30.7 Å². The van der Waals surface area contributed by atoms with E-state index in [0.29, 0.717) is 13.1 Å². The van der Waals surface area contributed by atoms with E-state index < -0.39 is 5.41 Å². The van der Waals surface area contributed by atoms with E-state index in [-0.39, 0.29) is 17.7 Å². The number of nitrogens with one attached hydrogen (secondary N) is 1. The fourth-order valence-electron chi connectivity index (χ4n) is 3.16. The molecule has 5 heteroatoms. The lowest BCUT2D eigenvalue weighted by Crippen LogP contribution is -2.52. The van der Waals surface area contributed by atoms with Crippen molar-refractivity contribution in [2.45, 2.75) is 40.2 Å². The smallest absolute Gasteiger partial charge is 0.227 e. The van der Waals surface area contributed by atoms with Crippen LogP contribution in [0.5, 0.6) is 5.75 Å². The van der Waals surface area contributed by atoms with Crippen molar-refractivity contribution in [3.05, 3.63) is 29.8 Å². The zero-order chi connectivity index (χ0) is 17.7. The Morgan fingerprint density at radius 2 is 2.12 bits per heavy atom. The van der Waals surface area contributed by atoms with Crippen LogP contribution in [0.3, 0.4) is 0 Å². The molecule has 0 spiro atoms. The third kappa shape index (κ3) is 4.28. The molecule has 1 heterocycles. The maximum absolute atomic E-state index is 12.7. The Bertz CT molecular complexity index is 600. The van der Waals surface area contributed by atoms with E-state index in [1.807, 2.05) is 49.9 Å². The molecule has 5 nitrogen and oxygen atoms in total. The van der Waals surface area contributed by atoms with Crippen LogP contribution in [0.1, 0.15) is 39.2 Å². The summed E-state index contributed by atoms with van der Waals surface area (Å²) in [5.74, 6) is 0.875. The number of methoxy groups -OCH3 is 1. The summed E-state index contributed by atoms with van der Waals surface area (Å²) in [5.41, 5.74) is 0.471.